The highest BCUT2D eigenvalue weighted by Crippen LogP contribution is 2.33. The molecule has 0 spiro atoms. The van der Waals surface area contributed by atoms with Crippen LogP contribution in [-0.2, 0) is 9.53 Å². The summed E-state index contributed by atoms with van der Waals surface area (Å²) in [6.45, 7) is 3.40. The van der Waals surface area contributed by atoms with Gasteiger partial charge in [0.1, 0.15) is 0 Å². The maximum atomic E-state index is 11.5. The molecule has 1 atom stereocenters. The number of carboxylic acids is 1. The second kappa shape index (κ2) is 6.65. The molecular formula is C13H17NO6. The number of esters is 1. The van der Waals surface area contributed by atoms with Crippen LogP contribution >= 0.6 is 0 Å². The van der Waals surface area contributed by atoms with E-state index in [4.69, 9.17) is 25.1 Å². The summed E-state index contributed by atoms with van der Waals surface area (Å²) in [6.07, 6.45) is -0.894. The summed E-state index contributed by atoms with van der Waals surface area (Å²) in [4.78, 5) is 22.5. The quantitative estimate of drug-likeness (QED) is 0.598. The lowest BCUT2D eigenvalue weighted by Gasteiger charge is -2.17. The number of aromatic carboxylic acids is 1. The van der Waals surface area contributed by atoms with Crippen LogP contribution in [0.5, 0.6) is 11.5 Å². The smallest absolute Gasteiger partial charge is 0.347 e. The van der Waals surface area contributed by atoms with Gasteiger partial charge in [0.15, 0.2) is 17.6 Å². The average Bonchev–Trinajstić information content (AvgIpc) is 2.39. The van der Waals surface area contributed by atoms with E-state index in [9.17, 15) is 9.59 Å². The Kier molecular flexibility index (Phi) is 5.19. The maximum Gasteiger partial charge on any atom is 0.347 e. The number of benzene rings is 1. The van der Waals surface area contributed by atoms with Crippen LogP contribution < -0.4 is 15.2 Å². The standard InChI is InChI=1S/C13H17NO6/c1-4-19-13(17)7(2)20-11-5-8(12(15)16)9(14)6-10(11)18-3/h5-7H,4,14H2,1-3H3,(H,15,16). The van der Waals surface area contributed by atoms with Crippen molar-refractivity contribution in [1.29, 1.82) is 0 Å². The number of methoxy groups -OCH3 is 1. The third-order valence-electron chi connectivity index (χ3n) is 2.49. The summed E-state index contributed by atoms with van der Waals surface area (Å²) < 4.78 is 15.2. The number of nitrogen functional groups attached to an aromatic ring is 1. The van der Waals surface area contributed by atoms with Crippen LogP contribution in [-0.4, -0.2) is 36.9 Å². The van der Waals surface area contributed by atoms with Crippen molar-refractivity contribution in [3.8, 4) is 11.5 Å². The summed E-state index contributed by atoms with van der Waals surface area (Å²) in [5.74, 6) is -1.40. The largest absolute Gasteiger partial charge is 0.493 e. The molecule has 0 aromatic heterocycles. The second-order valence-electron chi connectivity index (χ2n) is 3.91. The number of carbonyl (C=O) groups excluding carboxylic acids is 1. The van der Waals surface area contributed by atoms with Crippen LogP contribution in [0.15, 0.2) is 12.1 Å². The molecular weight excluding hydrogens is 266 g/mol. The molecule has 0 heterocycles. The fourth-order valence-electron chi connectivity index (χ4n) is 1.51. The van der Waals surface area contributed by atoms with Gasteiger partial charge in [-0.1, -0.05) is 0 Å². The highest BCUT2D eigenvalue weighted by atomic mass is 16.6. The zero-order valence-electron chi connectivity index (χ0n) is 11.5. The Morgan fingerprint density at radius 3 is 2.50 bits per heavy atom. The first kappa shape index (κ1) is 15.6. The zero-order valence-corrected chi connectivity index (χ0v) is 11.5. The van der Waals surface area contributed by atoms with Gasteiger partial charge in [0, 0.05) is 12.1 Å². The van der Waals surface area contributed by atoms with E-state index < -0.39 is 18.0 Å². The Morgan fingerprint density at radius 1 is 1.35 bits per heavy atom. The van der Waals surface area contributed by atoms with E-state index in [1.54, 1.807) is 6.92 Å². The van der Waals surface area contributed by atoms with Gasteiger partial charge in [-0.05, 0) is 13.8 Å². The van der Waals surface area contributed by atoms with Crippen molar-refractivity contribution >= 4 is 17.6 Å². The Hall–Kier alpha value is -2.44. The third-order valence-corrected chi connectivity index (χ3v) is 2.49. The lowest BCUT2D eigenvalue weighted by Crippen LogP contribution is -2.26. The Bertz CT molecular complexity index is 514. The summed E-state index contributed by atoms with van der Waals surface area (Å²) >= 11 is 0. The highest BCUT2D eigenvalue weighted by molar-refractivity contribution is 5.94. The molecule has 110 valence electrons. The Balaban J connectivity index is 3.06. The Labute approximate surface area is 116 Å². The molecule has 1 unspecified atom stereocenters. The van der Waals surface area contributed by atoms with Gasteiger partial charge in [0.2, 0.25) is 0 Å². The van der Waals surface area contributed by atoms with Crippen molar-refractivity contribution in [2.45, 2.75) is 20.0 Å². The van der Waals surface area contributed by atoms with Crippen molar-refractivity contribution < 1.29 is 28.9 Å². The molecule has 0 aliphatic carbocycles. The minimum atomic E-state index is -1.20. The molecule has 20 heavy (non-hydrogen) atoms. The molecule has 7 nitrogen and oxygen atoms in total. The fourth-order valence-corrected chi connectivity index (χ4v) is 1.51. The molecule has 0 fully saturated rings. The monoisotopic (exact) mass is 283 g/mol. The number of anilines is 1. The average molecular weight is 283 g/mol. The minimum absolute atomic E-state index is 0.0467. The first-order chi connectivity index (χ1) is 9.40. The molecule has 0 aliphatic rings. The molecule has 7 heteroatoms. The van der Waals surface area contributed by atoms with Crippen LogP contribution in [0.2, 0.25) is 0 Å². The second-order valence-corrected chi connectivity index (χ2v) is 3.91. The highest BCUT2D eigenvalue weighted by Gasteiger charge is 2.20. The van der Waals surface area contributed by atoms with Crippen molar-refractivity contribution in [2.75, 3.05) is 19.5 Å². The predicted molar refractivity (Wildman–Crippen MR) is 71.1 cm³/mol. The lowest BCUT2D eigenvalue weighted by atomic mass is 10.1. The number of hydrogen-bond donors (Lipinski definition) is 2. The molecule has 0 aliphatic heterocycles. The van der Waals surface area contributed by atoms with Crippen LogP contribution in [0, 0.1) is 0 Å². The van der Waals surface area contributed by atoms with Gasteiger partial charge in [0.05, 0.1) is 25.0 Å². The zero-order chi connectivity index (χ0) is 15.3. The number of ether oxygens (including phenoxy) is 3. The van der Waals surface area contributed by atoms with Crippen LogP contribution in [0.4, 0.5) is 5.69 Å². The summed E-state index contributed by atoms with van der Waals surface area (Å²) in [5, 5.41) is 9.01. The van der Waals surface area contributed by atoms with Gasteiger partial charge in [-0.15, -0.1) is 0 Å². The number of carbonyl (C=O) groups is 2. The van der Waals surface area contributed by atoms with E-state index in [0.717, 1.165) is 0 Å². The predicted octanol–water partition coefficient (Wildman–Crippen LogP) is 1.31. The van der Waals surface area contributed by atoms with Crippen molar-refractivity contribution in [1.82, 2.24) is 0 Å². The van der Waals surface area contributed by atoms with Crippen molar-refractivity contribution in [2.24, 2.45) is 0 Å². The number of carboxylic acid groups (broad SMARTS) is 1. The van der Waals surface area contributed by atoms with Crippen molar-refractivity contribution in [3.63, 3.8) is 0 Å². The fraction of sp³-hybridized carbons (Fsp3) is 0.385. The molecule has 0 saturated heterocycles. The first-order valence-corrected chi connectivity index (χ1v) is 5.94. The van der Waals surface area contributed by atoms with E-state index in [1.807, 2.05) is 0 Å². The third kappa shape index (κ3) is 3.53. The molecule has 0 bridgehead atoms. The van der Waals surface area contributed by atoms with Gasteiger partial charge < -0.3 is 25.1 Å². The first-order valence-electron chi connectivity index (χ1n) is 5.94. The lowest BCUT2D eigenvalue weighted by molar-refractivity contribution is -0.150. The number of nitrogens with two attached hydrogens (primary N) is 1. The van der Waals surface area contributed by atoms with E-state index in [1.165, 1.54) is 26.2 Å². The molecule has 1 aromatic rings. The van der Waals surface area contributed by atoms with E-state index >= 15 is 0 Å². The minimum Gasteiger partial charge on any atom is -0.493 e. The normalized spacial score (nSPS) is 11.6. The summed E-state index contributed by atoms with van der Waals surface area (Å²) in [7, 11) is 1.39. The Morgan fingerprint density at radius 2 is 2.00 bits per heavy atom. The van der Waals surface area contributed by atoms with Gasteiger partial charge >= 0.3 is 11.9 Å². The molecule has 3 N–H and O–H groups in total. The van der Waals surface area contributed by atoms with E-state index in [-0.39, 0.29) is 29.4 Å². The summed E-state index contributed by atoms with van der Waals surface area (Å²) in [6, 6.07) is 2.54. The van der Waals surface area contributed by atoms with Gasteiger partial charge in [-0.3, -0.25) is 0 Å². The van der Waals surface area contributed by atoms with E-state index in [2.05, 4.69) is 0 Å². The van der Waals surface area contributed by atoms with Crippen LogP contribution in [0.25, 0.3) is 0 Å². The number of hydrogen-bond acceptors (Lipinski definition) is 6. The molecule has 1 rings (SSSR count). The van der Waals surface area contributed by atoms with Crippen molar-refractivity contribution in [3.05, 3.63) is 17.7 Å². The summed E-state index contributed by atoms with van der Waals surface area (Å²) in [5.41, 5.74) is 5.52. The van der Waals surface area contributed by atoms with Gasteiger partial charge in [-0.2, -0.15) is 0 Å². The molecule has 0 amide bonds. The molecule has 0 radical (unpaired) electrons. The topological polar surface area (TPSA) is 108 Å². The maximum absolute atomic E-state index is 11.5. The SMILES string of the molecule is CCOC(=O)C(C)Oc1cc(C(=O)O)c(N)cc1OC. The van der Waals surface area contributed by atoms with Gasteiger partial charge in [-0.25, -0.2) is 9.59 Å². The number of rotatable bonds is 6. The molecule has 1 aromatic carbocycles. The molecule has 0 saturated carbocycles. The van der Waals surface area contributed by atoms with Gasteiger partial charge in [0.25, 0.3) is 0 Å². The van der Waals surface area contributed by atoms with Crippen LogP contribution in [0.3, 0.4) is 0 Å². The van der Waals surface area contributed by atoms with E-state index in [0.29, 0.717) is 0 Å². The van der Waals surface area contributed by atoms with Crippen LogP contribution in [0.1, 0.15) is 24.2 Å².